The number of sulfonamides is 1. The van der Waals surface area contributed by atoms with Crippen LogP contribution in [-0.4, -0.2) is 68.8 Å². The van der Waals surface area contributed by atoms with Crippen molar-refractivity contribution >= 4 is 32.7 Å². The Hall–Kier alpha value is -2.49. The summed E-state index contributed by atoms with van der Waals surface area (Å²) in [6.07, 6.45) is 0. The number of hydrogen-bond donors (Lipinski definition) is 2. The number of piperazine rings is 1. The van der Waals surface area contributed by atoms with Crippen LogP contribution in [0.25, 0.3) is 10.8 Å². The summed E-state index contributed by atoms with van der Waals surface area (Å²) >= 11 is 0. The highest BCUT2D eigenvalue weighted by molar-refractivity contribution is 7.89. The number of carbonyl (C=O) groups is 2. The topological polar surface area (TPSA) is 98.8 Å². The van der Waals surface area contributed by atoms with Crippen molar-refractivity contribution in [1.82, 2.24) is 19.8 Å². The molecule has 1 saturated heterocycles. The molecule has 1 atom stereocenters. The fourth-order valence-electron chi connectivity index (χ4n) is 3.25. The molecule has 0 radical (unpaired) electrons. The van der Waals surface area contributed by atoms with E-state index in [0.29, 0.717) is 13.1 Å². The van der Waals surface area contributed by atoms with Crippen molar-refractivity contribution in [3.63, 3.8) is 0 Å². The van der Waals surface area contributed by atoms with E-state index in [1.807, 2.05) is 35.2 Å². The van der Waals surface area contributed by atoms with Gasteiger partial charge in [0.1, 0.15) is 0 Å². The predicted octanol–water partition coefficient (Wildman–Crippen LogP) is 0.990. The summed E-state index contributed by atoms with van der Waals surface area (Å²) < 4.78 is 27.4. The molecule has 1 fully saturated rings. The lowest BCUT2D eigenvalue weighted by Crippen LogP contribution is -2.56. The molecule has 0 aliphatic carbocycles. The average molecular weight is 404 g/mol. The van der Waals surface area contributed by atoms with Gasteiger partial charge in [-0.2, -0.15) is 4.31 Å². The Morgan fingerprint density at radius 3 is 2.29 bits per heavy atom. The minimum Gasteiger partial charge on any atom is -0.341 e. The first-order chi connectivity index (χ1) is 13.3. The molecule has 1 aliphatic heterocycles. The van der Waals surface area contributed by atoms with Gasteiger partial charge in [-0.05, 0) is 29.8 Å². The van der Waals surface area contributed by atoms with Crippen molar-refractivity contribution < 1.29 is 18.0 Å². The maximum Gasteiger partial charge on any atom is 0.321 e. The number of carbonyl (C=O) groups excluding carboxylic acids is 2. The minimum atomic E-state index is -3.60. The Balaban J connectivity index is 1.67. The number of fused-ring (bicyclic) bond motifs is 1. The number of urea groups is 1. The fourth-order valence-corrected chi connectivity index (χ4v) is 4.71. The maximum absolute atomic E-state index is 13.0. The van der Waals surface area contributed by atoms with E-state index in [1.165, 1.54) is 11.4 Å². The van der Waals surface area contributed by atoms with Crippen molar-refractivity contribution in [2.24, 2.45) is 0 Å². The quantitative estimate of drug-likeness (QED) is 0.792. The second-order valence-electron chi connectivity index (χ2n) is 6.69. The first kappa shape index (κ1) is 20.2. The molecule has 0 spiro atoms. The van der Waals surface area contributed by atoms with Crippen molar-refractivity contribution in [2.75, 3.05) is 33.2 Å². The van der Waals surface area contributed by atoms with Crippen LogP contribution in [0.5, 0.6) is 0 Å². The van der Waals surface area contributed by atoms with Crippen LogP contribution in [0.2, 0.25) is 0 Å². The molecule has 0 saturated carbocycles. The average Bonchev–Trinajstić information content (AvgIpc) is 2.72. The molecule has 0 unspecified atom stereocenters. The molecule has 0 bridgehead atoms. The summed E-state index contributed by atoms with van der Waals surface area (Å²) in [6.45, 7) is 3.09. The van der Waals surface area contributed by atoms with Crippen molar-refractivity contribution in [3.05, 3.63) is 42.5 Å². The molecule has 28 heavy (non-hydrogen) atoms. The van der Waals surface area contributed by atoms with E-state index in [9.17, 15) is 18.0 Å². The number of benzene rings is 2. The summed E-state index contributed by atoms with van der Waals surface area (Å²) in [5.41, 5.74) is 0. The molecule has 2 aromatic carbocycles. The van der Waals surface area contributed by atoms with E-state index >= 15 is 0 Å². The summed E-state index contributed by atoms with van der Waals surface area (Å²) in [6, 6.07) is 11.7. The van der Waals surface area contributed by atoms with Gasteiger partial charge < -0.3 is 5.32 Å². The van der Waals surface area contributed by atoms with Crippen LogP contribution in [0.4, 0.5) is 4.79 Å². The van der Waals surface area contributed by atoms with Crippen molar-refractivity contribution in [2.45, 2.75) is 17.9 Å². The second kappa shape index (κ2) is 8.26. The van der Waals surface area contributed by atoms with Crippen LogP contribution in [0.3, 0.4) is 0 Å². The summed E-state index contributed by atoms with van der Waals surface area (Å²) in [4.78, 5) is 25.5. The largest absolute Gasteiger partial charge is 0.341 e. The number of rotatable bonds is 4. The normalized spacial score (nSPS) is 17.2. The van der Waals surface area contributed by atoms with E-state index in [-0.39, 0.29) is 18.0 Å². The van der Waals surface area contributed by atoms with Crippen LogP contribution in [0.15, 0.2) is 47.4 Å². The zero-order valence-corrected chi connectivity index (χ0v) is 16.7. The molecule has 9 heteroatoms. The molecular weight excluding hydrogens is 380 g/mol. The van der Waals surface area contributed by atoms with E-state index in [1.54, 1.807) is 19.1 Å². The van der Waals surface area contributed by atoms with E-state index in [0.717, 1.165) is 10.8 Å². The lowest BCUT2D eigenvalue weighted by atomic mass is 10.1. The summed E-state index contributed by atoms with van der Waals surface area (Å²) in [5.74, 6) is -0.412. The highest BCUT2D eigenvalue weighted by Crippen LogP contribution is 2.23. The van der Waals surface area contributed by atoms with Crippen LogP contribution in [0, 0.1) is 0 Å². The number of imide groups is 1. The van der Waals surface area contributed by atoms with Crippen LogP contribution >= 0.6 is 0 Å². The zero-order chi connectivity index (χ0) is 20.3. The molecule has 1 aliphatic rings. The Labute approximate surface area is 164 Å². The second-order valence-corrected chi connectivity index (χ2v) is 8.63. The van der Waals surface area contributed by atoms with Gasteiger partial charge >= 0.3 is 6.03 Å². The standard InChI is InChI=1S/C19H24N4O4S/c1-14(18(24)21-19(25)20-2)22-9-11-23(12-10-22)28(26,27)17-8-7-15-5-3-4-6-16(15)13-17/h3-8,13-14H,9-12H2,1-2H3,(H2,20,21,24,25)/t14-/m1/s1. The van der Waals surface area contributed by atoms with Gasteiger partial charge in [0.2, 0.25) is 15.9 Å². The van der Waals surface area contributed by atoms with Gasteiger partial charge in [0.05, 0.1) is 10.9 Å². The van der Waals surface area contributed by atoms with Crippen LogP contribution in [0.1, 0.15) is 6.92 Å². The first-order valence-electron chi connectivity index (χ1n) is 9.08. The number of amides is 3. The monoisotopic (exact) mass is 404 g/mol. The Morgan fingerprint density at radius 2 is 1.64 bits per heavy atom. The van der Waals surface area contributed by atoms with Crippen molar-refractivity contribution in [3.8, 4) is 0 Å². The lowest BCUT2D eigenvalue weighted by molar-refractivity contribution is -0.125. The third kappa shape index (κ3) is 4.16. The van der Waals surface area contributed by atoms with Gasteiger partial charge in [0.25, 0.3) is 0 Å². The van der Waals surface area contributed by atoms with Gasteiger partial charge in [-0.15, -0.1) is 0 Å². The molecule has 3 rings (SSSR count). The van der Waals surface area contributed by atoms with E-state index < -0.39 is 28.0 Å². The first-order valence-corrected chi connectivity index (χ1v) is 10.5. The highest BCUT2D eigenvalue weighted by atomic mass is 32.2. The molecule has 3 amide bonds. The molecule has 0 aromatic heterocycles. The van der Waals surface area contributed by atoms with E-state index in [2.05, 4.69) is 10.6 Å². The molecule has 2 N–H and O–H groups in total. The summed E-state index contributed by atoms with van der Waals surface area (Å²) in [5, 5.41) is 6.45. The van der Waals surface area contributed by atoms with Crippen LogP contribution < -0.4 is 10.6 Å². The predicted molar refractivity (Wildman–Crippen MR) is 106 cm³/mol. The molecular formula is C19H24N4O4S. The molecule has 2 aromatic rings. The Kier molecular flexibility index (Phi) is 5.97. The minimum absolute atomic E-state index is 0.269. The van der Waals surface area contributed by atoms with E-state index in [4.69, 9.17) is 0 Å². The van der Waals surface area contributed by atoms with Gasteiger partial charge in [-0.3, -0.25) is 15.0 Å². The number of nitrogens with one attached hydrogen (secondary N) is 2. The molecule has 1 heterocycles. The van der Waals surface area contributed by atoms with Crippen LogP contribution in [-0.2, 0) is 14.8 Å². The zero-order valence-electron chi connectivity index (χ0n) is 15.9. The smallest absolute Gasteiger partial charge is 0.321 e. The Bertz CT molecular complexity index is 984. The maximum atomic E-state index is 13.0. The summed E-state index contributed by atoms with van der Waals surface area (Å²) in [7, 11) is -2.17. The lowest BCUT2D eigenvalue weighted by Gasteiger charge is -2.36. The highest BCUT2D eigenvalue weighted by Gasteiger charge is 2.32. The van der Waals surface area contributed by atoms with Gasteiger partial charge in [-0.1, -0.05) is 30.3 Å². The SMILES string of the molecule is CNC(=O)NC(=O)[C@@H](C)N1CCN(S(=O)(=O)c2ccc3ccccc3c2)CC1. The molecule has 8 nitrogen and oxygen atoms in total. The van der Waals surface area contributed by atoms with Gasteiger partial charge in [-0.25, -0.2) is 13.2 Å². The fraction of sp³-hybridized carbons (Fsp3) is 0.368. The number of nitrogens with zero attached hydrogens (tertiary/aromatic N) is 2. The van der Waals surface area contributed by atoms with Crippen molar-refractivity contribution in [1.29, 1.82) is 0 Å². The Morgan fingerprint density at radius 1 is 1.00 bits per heavy atom. The molecule has 150 valence electrons. The number of hydrogen-bond acceptors (Lipinski definition) is 5. The van der Waals surface area contributed by atoms with Gasteiger partial charge in [0, 0.05) is 33.2 Å². The third-order valence-electron chi connectivity index (χ3n) is 5.02. The third-order valence-corrected chi connectivity index (χ3v) is 6.92. The van der Waals surface area contributed by atoms with Gasteiger partial charge in [0.15, 0.2) is 0 Å².